The Morgan fingerprint density at radius 2 is 1.65 bits per heavy atom. The van der Waals surface area contributed by atoms with E-state index in [-0.39, 0.29) is 11.3 Å². The van der Waals surface area contributed by atoms with Gasteiger partial charge < -0.3 is 0 Å². The number of fused-ring (bicyclic) bond motifs is 1. The van der Waals surface area contributed by atoms with Gasteiger partial charge in [-0.15, -0.1) is 0 Å². The molecule has 0 saturated carbocycles. The summed E-state index contributed by atoms with van der Waals surface area (Å²) in [6.45, 7) is 0. The molecule has 0 spiro atoms. The Balaban J connectivity index is 2.13. The van der Waals surface area contributed by atoms with Gasteiger partial charge >= 0.3 is 0 Å². The zero-order valence-corrected chi connectivity index (χ0v) is 12.0. The van der Waals surface area contributed by atoms with Crippen LogP contribution in [0.3, 0.4) is 0 Å². The van der Waals surface area contributed by atoms with E-state index in [2.05, 4.69) is 15.9 Å². The van der Waals surface area contributed by atoms with Gasteiger partial charge in [0.15, 0.2) is 5.78 Å². The van der Waals surface area contributed by atoms with Crippen LogP contribution in [0.2, 0.25) is 0 Å². The summed E-state index contributed by atoms with van der Waals surface area (Å²) in [5.74, 6) is -0.835. The van der Waals surface area contributed by atoms with E-state index in [1.807, 2.05) is 30.3 Å². The molecule has 0 aliphatic rings. The van der Waals surface area contributed by atoms with E-state index in [1.54, 1.807) is 24.3 Å². The second kappa shape index (κ2) is 5.17. The molecule has 0 amide bonds. The molecule has 0 radical (unpaired) electrons. The second-order valence-electron chi connectivity index (χ2n) is 4.49. The van der Waals surface area contributed by atoms with Gasteiger partial charge in [-0.2, -0.15) is 0 Å². The Hall–Kier alpha value is -2.00. The van der Waals surface area contributed by atoms with Crippen molar-refractivity contribution in [2.45, 2.75) is 0 Å². The van der Waals surface area contributed by atoms with Crippen LogP contribution in [0.15, 0.2) is 65.1 Å². The maximum absolute atomic E-state index is 13.8. The summed E-state index contributed by atoms with van der Waals surface area (Å²) in [5, 5.41) is 2.02. The molecule has 0 saturated heterocycles. The molecule has 0 fully saturated rings. The summed E-state index contributed by atoms with van der Waals surface area (Å²) in [5.41, 5.74) is 0.553. The molecule has 0 unspecified atom stereocenters. The Morgan fingerprint density at radius 3 is 2.40 bits per heavy atom. The first kappa shape index (κ1) is 13.0. The number of carbonyl (C=O) groups is 1. The maximum atomic E-state index is 13.8. The van der Waals surface area contributed by atoms with Crippen molar-refractivity contribution in [2.75, 3.05) is 0 Å². The second-order valence-corrected chi connectivity index (χ2v) is 5.34. The van der Waals surface area contributed by atoms with Crippen LogP contribution in [0.4, 0.5) is 4.39 Å². The fourth-order valence-electron chi connectivity index (χ4n) is 2.19. The number of ketones is 1. The molecular formula is C17H10BrFO. The third-order valence-electron chi connectivity index (χ3n) is 3.20. The lowest BCUT2D eigenvalue weighted by Gasteiger charge is -2.06. The van der Waals surface area contributed by atoms with Crippen molar-refractivity contribution >= 4 is 32.5 Å². The van der Waals surface area contributed by atoms with E-state index in [1.165, 1.54) is 6.07 Å². The van der Waals surface area contributed by atoms with Crippen molar-refractivity contribution in [3.05, 3.63) is 82.1 Å². The van der Waals surface area contributed by atoms with E-state index < -0.39 is 5.82 Å². The summed E-state index contributed by atoms with van der Waals surface area (Å²) >= 11 is 3.23. The van der Waals surface area contributed by atoms with E-state index in [9.17, 15) is 9.18 Å². The first-order valence-corrected chi connectivity index (χ1v) is 6.93. The quantitative estimate of drug-likeness (QED) is 0.607. The highest BCUT2D eigenvalue weighted by Crippen LogP contribution is 2.24. The summed E-state index contributed by atoms with van der Waals surface area (Å²) < 4.78 is 14.3. The molecule has 3 rings (SSSR count). The molecule has 0 aliphatic heterocycles. The van der Waals surface area contributed by atoms with Gasteiger partial charge in [-0.3, -0.25) is 4.79 Å². The SMILES string of the molecule is O=C(c1ccc2ccccc2c1)c1c(F)cccc1Br. The number of hydrogen-bond acceptors (Lipinski definition) is 1. The largest absolute Gasteiger partial charge is 0.288 e. The highest BCUT2D eigenvalue weighted by molar-refractivity contribution is 9.10. The molecule has 20 heavy (non-hydrogen) atoms. The van der Waals surface area contributed by atoms with Gasteiger partial charge in [-0.05, 0) is 44.9 Å². The average molecular weight is 329 g/mol. The molecule has 1 nitrogen and oxygen atoms in total. The molecule has 0 heterocycles. The lowest BCUT2D eigenvalue weighted by Crippen LogP contribution is -2.05. The highest BCUT2D eigenvalue weighted by Gasteiger charge is 2.17. The summed E-state index contributed by atoms with van der Waals surface area (Å²) in [6, 6.07) is 17.7. The van der Waals surface area contributed by atoms with Crippen molar-refractivity contribution < 1.29 is 9.18 Å². The first-order chi connectivity index (χ1) is 9.66. The number of halogens is 2. The van der Waals surface area contributed by atoms with Crippen LogP contribution >= 0.6 is 15.9 Å². The monoisotopic (exact) mass is 328 g/mol. The lowest BCUT2D eigenvalue weighted by atomic mass is 10.00. The molecule has 3 aromatic carbocycles. The van der Waals surface area contributed by atoms with E-state index in [0.717, 1.165) is 10.8 Å². The van der Waals surface area contributed by atoms with Crippen molar-refractivity contribution in [3.8, 4) is 0 Å². The van der Waals surface area contributed by atoms with Crippen molar-refractivity contribution in [3.63, 3.8) is 0 Å². The van der Waals surface area contributed by atoms with Crippen LogP contribution in [0, 0.1) is 5.82 Å². The molecule has 0 atom stereocenters. The normalized spacial score (nSPS) is 10.7. The standard InChI is InChI=1S/C17H10BrFO/c18-14-6-3-7-15(19)16(14)17(20)13-9-8-11-4-1-2-5-12(11)10-13/h1-10H. The Kier molecular flexibility index (Phi) is 3.36. The molecule has 0 N–H and O–H groups in total. The maximum Gasteiger partial charge on any atom is 0.197 e. The minimum Gasteiger partial charge on any atom is -0.288 e. The Bertz CT molecular complexity index is 791. The Labute approximate surface area is 124 Å². The summed E-state index contributed by atoms with van der Waals surface area (Å²) in [4.78, 5) is 12.5. The number of rotatable bonds is 2. The van der Waals surface area contributed by atoms with Gasteiger partial charge in [0.2, 0.25) is 0 Å². The van der Waals surface area contributed by atoms with E-state index >= 15 is 0 Å². The predicted molar refractivity (Wildman–Crippen MR) is 81.5 cm³/mol. The average Bonchev–Trinajstić information content (AvgIpc) is 2.46. The molecule has 0 aromatic heterocycles. The topological polar surface area (TPSA) is 17.1 Å². The molecule has 0 aliphatic carbocycles. The van der Waals surface area contributed by atoms with Gasteiger partial charge in [0.1, 0.15) is 5.82 Å². The number of benzene rings is 3. The number of carbonyl (C=O) groups excluding carboxylic acids is 1. The molecular weight excluding hydrogens is 319 g/mol. The van der Waals surface area contributed by atoms with E-state index in [4.69, 9.17) is 0 Å². The van der Waals surface area contributed by atoms with Crippen molar-refractivity contribution in [1.82, 2.24) is 0 Å². The third-order valence-corrected chi connectivity index (χ3v) is 3.86. The van der Waals surface area contributed by atoms with Crippen LogP contribution in [-0.4, -0.2) is 5.78 Å². The number of hydrogen-bond donors (Lipinski definition) is 0. The van der Waals surface area contributed by atoms with Crippen molar-refractivity contribution in [1.29, 1.82) is 0 Å². The van der Waals surface area contributed by atoms with Gasteiger partial charge in [0.05, 0.1) is 5.56 Å². The molecule has 98 valence electrons. The first-order valence-electron chi connectivity index (χ1n) is 6.14. The van der Waals surface area contributed by atoms with Crippen LogP contribution in [0.5, 0.6) is 0 Å². The minimum absolute atomic E-state index is 0.0720. The third kappa shape index (κ3) is 2.25. The highest BCUT2D eigenvalue weighted by atomic mass is 79.9. The lowest BCUT2D eigenvalue weighted by molar-refractivity contribution is 0.103. The van der Waals surface area contributed by atoms with Crippen LogP contribution in [-0.2, 0) is 0 Å². The summed E-state index contributed by atoms with van der Waals surface area (Å²) in [6.07, 6.45) is 0. The van der Waals surface area contributed by atoms with Gasteiger partial charge in [0.25, 0.3) is 0 Å². The molecule has 0 bridgehead atoms. The fourth-order valence-corrected chi connectivity index (χ4v) is 2.71. The minimum atomic E-state index is -0.516. The predicted octanol–water partition coefficient (Wildman–Crippen LogP) is 4.97. The molecule has 3 heteroatoms. The Morgan fingerprint density at radius 1 is 0.900 bits per heavy atom. The summed E-state index contributed by atoms with van der Waals surface area (Å²) in [7, 11) is 0. The smallest absolute Gasteiger partial charge is 0.197 e. The zero-order valence-electron chi connectivity index (χ0n) is 10.4. The van der Waals surface area contributed by atoms with Gasteiger partial charge in [-0.25, -0.2) is 4.39 Å². The van der Waals surface area contributed by atoms with Gasteiger partial charge in [0, 0.05) is 10.0 Å². The molecule has 3 aromatic rings. The van der Waals surface area contributed by atoms with Gasteiger partial charge in [-0.1, -0.05) is 42.5 Å². The van der Waals surface area contributed by atoms with E-state index in [0.29, 0.717) is 10.0 Å². The zero-order chi connectivity index (χ0) is 14.1. The van der Waals surface area contributed by atoms with Crippen LogP contribution < -0.4 is 0 Å². The van der Waals surface area contributed by atoms with Crippen LogP contribution in [0.25, 0.3) is 10.8 Å². The van der Waals surface area contributed by atoms with Crippen molar-refractivity contribution in [2.24, 2.45) is 0 Å². The fraction of sp³-hybridized carbons (Fsp3) is 0. The van der Waals surface area contributed by atoms with Crippen LogP contribution in [0.1, 0.15) is 15.9 Å².